The van der Waals surface area contributed by atoms with Crippen LogP contribution in [0.5, 0.6) is 0 Å². The third kappa shape index (κ3) is 5.87. The fraction of sp³-hybridized carbons (Fsp3) is 0.800. The van der Waals surface area contributed by atoms with Gasteiger partial charge < -0.3 is 20.0 Å². The Bertz CT molecular complexity index is 219. The first-order chi connectivity index (χ1) is 5.74. The Kier molecular flexibility index (Phi) is 4.69. The Morgan fingerprint density at radius 2 is 1.92 bits per heavy atom. The van der Waals surface area contributed by atoms with E-state index in [4.69, 9.17) is 20.0 Å². The standard InChI is InChI=1S/C5H11O7P/c1-3(6)5(8)4(7)2-12-13(9,10)11/h3,5-6,8H,2H2,1H3,(H2,9,10,11)/t3-,5+/m1/s1. The molecule has 0 rings (SSSR count). The van der Waals surface area contributed by atoms with E-state index >= 15 is 0 Å². The molecule has 0 spiro atoms. The maximum atomic E-state index is 10.8. The van der Waals surface area contributed by atoms with Gasteiger partial charge in [-0.15, -0.1) is 0 Å². The number of phosphoric acid groups is 1. The predicted octanol–water partition coefficient (Wildman–Crippen LogP) is -1.59. The summed E-state index contributed by atoms with van der Waals surface area (Å²) in [5, 5.41) is 17.6. The van der Waals surface area contributed by atoms with Gasteiger partial charge in [-0.05, 0) is 6.92 Å². The number of aliphatic hydroxyl groups is 2. The molecule has 0 aromatic rings. The molecule has 0 fully saturated rings. The molecule has 0 amide bonds. The van der Waals surface area contributed by atoms with Crippen molar-refractivity contribution >= 4 is 13.6 Å². The van der Waals surface area contributed by atoms with Crippen molar-refractivity contribution in [2.24, 2.45) is 0 Å². The quantitative estimate of drug-likeness (QED) is 0.406. The highest BCUT2D eigenvalue weighted by Crippen LogP contribution is 2.35. The van der Waals surface area contributed by atoms with Crippen LogP contribution in [0.4, 0.5) is 0 Å². The number of phosphoric ester groups is 1. The lowest BCUT2D eigenvalue weighted by molar-refractivity contribution is -0.134. The third-order valence-electron chi connectivity index (χ3n) is 1.16. The molecule has 78 valence electrons. The van der Waals surface area contributed by atoms with Crippen LogP contribution in [0.25, 0.3) is 0 Å². The molecular formula is C5H11O7P. The summed E-state index contributed by atoms with van der Waals surface area (Å²) in [5.41, 5.74) is 0. The molecule has 2 atom stereocenters. The van der Waals surface area contributed by atoms with Gasteiger partial charge in [-0.2, -0.15) is 0 Å². The number of hydrogen-bond acceptors (Lipinski definition) is 5. The lowest BCUT2D eigenvalue weighted by atomic mass is 10.1. The number of Topliss-reactive ketones (excluding diaryl/α,β-unsaturated/α-hetero) is 1. The van der Waals surface area contributed by atoms with Gasteiger partial charge in [0.05, 0.1) is 6.10 Å². The van der Waals surface area contributed by atoms with Crippen LogP contribution in [0.3, 0.4) is 0 Å². The van der Waals surface area contributed by atoms with Gasteiger partial charge in [-0.25, -0.2) is 4.57 Å². The first kappa shape index (κ1) is 12.7. The maximum absolute atomic E-state index is 10.8. The van der Waals surface area contributed by atoms with Gasteiger partial charge in [0.25, 0.3) is 0 Å². The highest BCUT2D eigenvalue weighted by molar-refractivity contribution is 7.46. The second-order valence-electron chi connectivity index (χ2n) is 2.42. The molecule has 0 aliphatic rings. The lowest BCUT2D eigenvalue weighted by Gasteiger charge is -2.12. The Morgan fingerprint density at radius 1 is 1.46 bits per heavy atom. The van der Waals surface area contributed by atoms with E-state index in [1.165, 1.54) is 6.92 Å². The molecular weight excluding hydrogens is 203 g/mol. The first-order valence-corrected chi connectivity index (χ1v) is 4.86. The SMILES string of the molecule is C[C@@H](O)[C@H](O)C(=O)COP(=O)(O)O. The van der Waals surface area contributed by atoms with Gasteiger partial charge in [0.1, 0.15) is 12.7 Å². The monoisotopic (exact) mass is 214 g/mol. The fourth-order valence-corrected chi connectivity index (χ4v) is 0.798. The molecule has 13 heavy (non-hydrogen) atoms. The van der Waals surface area contributed by atoms with Crippen LogP contribution in [0, 0.1) is 0 Å². The van der Waals surface area contributed by atoms with Crippen molar-refractivity contribution in [3.8, 4) is 0 Å². The third-order valence-corrected chi connectivity index (χ3v) is 1.63. The molecule has 0 heterocycles. The van der Waals surface area contributed by atoms with Crippen molar-refractivity contribution in [3.05, 3.63) is 0 Å². The van der Waals surface area contributed by atoms with Crippen molar-refractivity contribution in [3.63, 3.8) is 0 Å². The lowest BCUT2D eigenvalue weighted by Crippen LogP contribution is -2.34. The van der Waals surface area contributed by atoms with Gasteiger partial charge in [0.2, 0.25) is 0 Å². The average molecular weight is 214 g/mol. The normalized spacial score (nSPS) is 16.7. The minimum atomic E-state index is -4.70. The minimum absolute atomic E-state index is 0.934. The summed E-state index contributed by atoms with van der Waals surface area (Å²) in [6, 6.07) is 0. The summed E-state index contributed by atoms with van der Waals surface area (Å²) in [4.78, 5) is 27.1. The van der Waals surface area contributed by atoms with E-state index < -0.39 is 32.4 Å². The second kappa shape index (κ2) is 4.80. The van der Waals surface area contributed by atoms with Crippen LogP contribution < -0.4 is 0 Å². The van der Waals surface area contributed by atoms with E-state index in [9.17, 15) is 9.36 Å². The van der Waals surface area contributed by atoms with Crippen molar-refractivity contribution in [2.45, 2.75) is 19.1 Å². The predicted molar refractivity (Wildman–Crippen MR) is 40.7 cm³/mol. The van der Waals surface area contributed by atoms with E-state index in [0.29, 0.717) is 0 Å². The Hall–Kier alpha value is -0.300. The summed E-state index contributed by atoms with van der Waals surface area (Å²) >= 11 is 0. The number of carbonyl (C=O) groups is 1. The summed E-state index contributed by atoms with van der Waals surface area (Å²) < 4.78 is 13.9. The van der Waals surface area contributed by atoms with E-state index in [2.05, 4.69) is 4.52 Å². The molecule has 0 radical (unpaired) electrons. The zero-order chi connectivity index (χ0) is 10.6. The van der Waals surface area contributed by atoms with Gasteiger partial charge in [0, 0.05) is 0 Å². The number of rotatable bonds is 5. The Balaban J connectivity index is 3.96. The summed E-state index contributed by atoms with van der Waals surface area (Å²) in [7, 11) is -4.70. The van der Waals surface area contributed by atoms with Crippen LogP contribution in [0.1, 0.15) is 6.92 Å². The summed E-state index contributed by atoms with van der Waals surface area (Å²) in [6.45, 7) is 0.233. The van der Waals surface area contributed by atoms with Crippen molar-refractivity contribution < 1.29 is 33.9 Å². The maximum Gasteiger partial charge on any atom is 0.470 e. The first-order valence-electron chi connectivity index (χ1n) is 3.33. The fourth-order valence-electron chi connectivity index (χ4n) is 0.502. The minimum Gasteiger partial charge on any atom is -0.390 e. The number of ketones is 1. The molecule has 0 bridgehead atoms. The van der Waals surface area contributed by atoms with Crippen LogP contribution >= 0.6 is 7.82 Å². The molecule has 0 saturated carbocycles. The van der Waals surface area contributed by atoms with Crippen molar-refractivity contribution in [2.75, 3.05) is 6.61 Å². The molecule has 0 saturated heterocycles. The molecule has 4 N–H and O–H groups in total. The van der Waals surface area contributed by atoms with Crippen LogP contribution in [-0.2, 0) is 13.9 Å². The molecule has 0 aromatic heterocycles. The molecule has 7 nitrogen and oxygen atoms in total. The van der Waals surface area contributed by atoms with E-state index in [1.54, 1.807) is 0 Å². The number of hydrogen-bond donors (Lipinski definition) is 4. The summed E-state index contributed by atoms with van der Waals surface area (Å²) in [6.07, 6.45) is -2.99. The topological polar surface area (TPSA) is 124 Å². The van der Waals surface area contributed by atoms with Crippen molar-refractivity contribution in [1.82, 2.24) is 0 Å². The Morgan fingerprint density at radius 3 is 2.23 bits per heavy atom. The van der Waals surface area contributed by atoms with Gasteiger partial charge in [-0.1, -0.05) is 0 Å². The van der Waals surface area contributed by atoms with E-state index in [-0.39, 0.29) is 0 Å². The van der Waals surface area contributed by atoms with Gasteiger partial charge >= 0.3 is 7.82 Å². The molecule has 8 heteroatoms. The molecule has 0 unspecified atom stereocenters. The van der Waals surface area contributed by atoms with E-state index in [0.717, 1.165) is 0 Å². The zero-order valence-corrected chi connectivity index (χ0v) is 7.72. The average Bonchev–Trinajstić information content (AvgIpc) is 1.97. The van der Waals surface area contributed by atoms with Crippen LogP contribution in [-0.4, -0.2) is 44.6 Å². The van der Waals surface area contributed by atoms with Gasteiger partial charge in [-0.3, -0.25) is 9.32 Å². The zero-order valence-electron chi connectivity index (χ0n) is 6.82. The molecule has 0 aromatic carbocycles. The van der Waals surface area contributed by atoms with Crippen LogP contribution in [0.2, 0.25) is 0 Å². The van der Waals surface area contributed by atoms with Crippen LogP contribution in [0.15, 0.2) is 0 Å². The highest BCUT2D eigenvalue weighted by atomic mass is 31.2. The number of aliphatic hydroxyl groups excluding tert-OH is 2. The largest absolute Gasteiger partial charge is 0.470 e. The smallest absolute Gasteiger partial charge is 0.390 e. The second-order valence-corrected chi connectivity index (χ2v) is 3.66. The Labute approximate surface area is 74.2 Å². The van der Waals surface area contributed by atoms with Crippen molar-refractivity contribution in [1.29, 1.82) is 0 Å². The number of carbonyl (C=O) groups excluding carboxylic acids is 1. The van der Waals surface area contributed by atoms with E-state index in [1.807, 2.05) is 0 Å². The molecule has 0 aliphatic carbocycles. The van der Waals surface area contributed by atoms with Gasteiger partial charge in [0.15, 0.2) is 5.78 Å². The summed E-state index contributed by atoms with van der Waals surface area (Å²) in [5.74, 6) is -0.988. The highest BCUT2D eigenvalue weighted by Gasteiger charge is 2.24. The molecule has 0 aliphatic heterocycles.